The highest BCUT2D eigenvalue weighted by Gasteiger charge is 2.40. The molecule has 0 unspecified atom stereocenters. The van der Waals surface area contributed by atoms with E-state index in [9.17, 15) is 9.90 Å². The fourth-order valence-corrected chi connectivity index (χ4v) is 5.97. The van der Waals surface area contributed by atoms with Crippen LogP contribution in [0.15, 0.2) is 37.1 Å². The minimum atomic E-state index is -0.906. The minimum Gasteiger partial charge on any atom is -0.486 e. The molecule has 9 heteroatoms. The van der Waals surface area contributed by atoms with E-state index < -0.39 is 5.60 Å². The third kappa shape index (κ3) is 4.45. The number of aryl methyl sites for hydroxylation is 1. The maximum absolute atomic E-state index is 11.8. The number of fused-ring (bicyclic) bond motifs is 2. The van der Waals surface area contributed by atoms with Crippen molar-refractivity contribution in [3.8, 4) is 5.75 Å². The highest BCUT2D eigenvalue weighted by atomic mass is 16.5. The Morgan fingerprint density at radius 1 is 1.22 bits per heavy atom. The Bertz CT molecular complexity index is 1200. The molecule has 0 atom stereocenters. The fourth-order valence-electron chi connectivity index (χ4n) is 5.97. The van der Waals surface area contributed by atoms with E-state index in [1.54, 1.807) is 0 Å². The third-order valence-corrected chi connectivity index (χ3v) is 8.30. The summed E-state index contributed by atoms with van der Waals surface area (Å²) in [6.07, 6.45) is 4.51. The van der Waals surface area contributed by atoms with Crippen molar-refractivity contribution in [1.29, 1.82) is 0 Å². The topological polar surface area (TPSA) is 90.4 Å². The van der Waals surface area contributed by atoms with Gasteiger partial charge in [-0.3, -0.25) is 9.69 Å². The lowest BCUT2D eigenvalue weighted by Gasteiger charge is -2.49. The van der Waals surface area contributed by atoms with Crippen molar-refractivity contribution in [2.75, 3.05) is 62.7 Å². The van der Waals surface area contributed by atoms with Crippen molar-refractivity contribution in [2.24, 2.45) is 0 Å². The van der Waals surface area contributed by atoms with E-state index in [4.69, 9.17) is 9.47 Å². The molecule has 0 spiro atoms. The average Bonchev–Trinajstić information content (AvgIpc) is 3.09. The summed E-state index contributed by atoms with van der Waals surface area (Å²) in [4.78, 5) is 23.0. The Hall–Kier alpha value is -3.14. The van der Waals surface area contributed by atoms with Gasteiger partial charge in [0, 0.05) is 57.2 Å². The molecule has 0 aliphatic carbocycles. The van der Waals surface area contributed by atoms with Gasteiger partial charge in [-0.15, -0.1) is 0 Å². The van der Waals surface area contributed by atoms with Gasteiger partial charge in [0.05, 0.1) is 30.1 Å². The van der Waals surface area contributed by atoms with Gasteiger partial charge in [0.15, 0.2) is 0 Å². The second kappa shape index (κ2) is 9.63. The summed E-state index contributed by atoms with van der Waals surface area (Å²) in [7, 11) is 0. The van der Waals surface area contributed by atoms with Crippen molar-refractivity contribution in [1.82, 2.24) is 14.8 Å². The first kappa shape index (κ1) is 24.2. The summed E-state index contributed by atoms with van der Waals surface area (Å²) < 4.78 is 11.9. The molecule has 0 radical (unpaired) electrons. The van der Waals surface area contributed by atoms with Crippen LogP contribution in [-0.2, 0) is 21.7 Å². The number of ether oxygens (including phenoxy) is 2. The molecule has 0 bridgehead atoms. The van der Waals surface area contributed by atoms with Crippen LogP contribution in [0.3, 0.4) is 0 Å². The Kier molecular flexibility index (Phi) is 6.30. The molecule has 2 N–H and O–H groups in total. The molecule has 5 heterocycles. The molecule has 4 aliphatic rings. The molecule has 9 nitrogen and oxygen atoms in total. The molecular formula is C28H35N5O4. The number of pyridine rings is 1. The molecule has 3 fully saturated rings. The maximum atomic E-state index is 11.8. The number of rotatable bonds is 4. The molecule has 1 aromatic heterocycles. The largest absolute Gasteiger partial charge is 0.486 e. The monoisotopic (exact) mass is 505 g/mol. The van der Waals surface area contributed by atoms with Crippen LogP contribution >= 0.6 is 0 Å². The highest BCUT2D eigenvalue weighted by molar-refractivity contribution is 5.87. The van der Waals surface area contributed by atoms with Gasteiger partial charge in [-0.05, 0) is 55.2 Å². The van der Waals surface area contributed by atoms with Crippen molar-refractivity contribution in [3.63, 3.8) is 0 Å². The first-order valence-corrected chi connectivity index (χ1v) is 13.2. The first-order chi connectivity index (χ1) is 17.9. The molecule has 37 heavy (non-hydrogen) atoms. The summed E-state index contributed by atoms with van der Waals surface area (Å²) >= 11 is 0. The van der Waals surface area contributed by atoms with E-state index in [0.717, 1.165) is 92.1 Å². The normalized spacial score (nSPS) is 21.6. The Morgan fingerprint density at radius 2 is 1.97 bits per heavy atom. The van der Waals surface area contributed by atoms with Crippen LogP contribution in [0.2, 0.25) is 0 Å². The number of nitrogens with zero attached hydrogens (tertiary/aromatic N) is 4. The van der Waals surface area contributed by atoms with E-state index >= 15 is 0 Å². The molecule has 1 aromatic carbocycles. The van der Waals surface area contributed by atoms with E-state index in [-0.39, 0.29) is 5.91 Å². The predicted molar refractivity (Wildman–Crippen MR) is 141 cm³/mol. The summed E-state index contributed by atoms with van der Waals surface area (Å²) in [6, 6.07) is 6.51. The fraction of sp³-hybridized carbons (Fsp3) is 0.500. The Labute approximate surface area is 217 Å². The number of nitrogens with one attached hydrogen (secondary N) is 1. The van der Waals surface area contributed by atoms with Gasteiger partial charge >= 0.3 is 0 Å². The van der Waals surface area contributed by atoms with Gasteiger partial charge in [-0.1, -0.05) is 6.58 Å². The van der Waals surface area contributed by atoms with E-state index in [0.29, 0.717) is 25.5 Å². The van der Waals surface area contributed by atoms with Crippen molar-refractivity contribution in [3.05, 3.63) is 53.7 Å². The first-order valence-electron chi connectivity index (χ1n) is 13.2. The average molecular weight is 506 g/mol. The lowest BCUT2D eigenvalue weighted by molar-refractivity contribution is -0.135. The molecule has 1 amide bonds. The van der Waals surface area contributed by atoms with Crippen LogP contribution in [0.1, 0.15) is 29.5 Å². The van der Waals surface area contributed by atoms with Gasteiger partial charge in [-0.2, -0.15) is 0 Å². The van der Waals surface area contributed by atoms with E-state index in [2.05, 4.69) is 38.8 Å². The molecule has 2 aromatic rings. The zero-order valence-corrected chi connectivity index (χ0v) is 21.4. The predicted octanol–water partition coefficient (Wildman–Crippen LogP) is 2.54. The number of likely N-dealkylation sites (tertiary alicyclic amines) is 2. The van der Waals surface area contributed by atoms with E-state index in [1.807, 2.05) is 24.1 Å². The quantitative estimate of drug-likeness (QED) is 0.613. The van der Waals surface area contributed by atoms with Crippen molar-refractivity contribution < 1.29 is 19.4 Å². The third-order valence-electron chi connectivity index (χ3n) is 8.30. The highest BCUT2D eigenvalue weighted by Crippen LogP contribution is 2.43. The van der Waals surface area contributed by atoms with Gasteiger partial charge < -0.3 is 29.7 Å². The van der Waals surface area contributed by atoms with Crippen LogP contribution < -0.4 is 15.0 Å². The van der Waals surface area contributed by atoms with Crippen LogP contribution in [0.25, 0.3) is 0 Å². The molecule has 6 rings (SSSR count). The van der Waals surface area contributed by atoms with Crippen molar-refractivity contribution >= 4 is 23.1 Å². The number of carbonyl (C=O) groups is 1. The number of anilines is 3. The number of aliphatic hydroxyl groups is 1. The second-order valence-corrected chi connectivity index (χ2v) is 10.5. The summed E-state index contributed by atoms with van der Waals surface area (Å²) in [5, 5.41) is 15.2. The molecule has 0 saturated carbocycles. The zero-order chi connectivity index (χ0) is 25.6. The molecule has 4 aliphatic heterocycles. The SMILES string of the molecule is C=CC(=O)N1CC(N2CCC(O)(c3cc(C)c4c(c3)Nc3nccc(N5CCOCC5)c3CO4)CC2)C1. The second-order valence-electron chi connectivity index (χ2n) is 10.5. The number of morpholine rings is 1. The van der Waals surface area contributed by atoms with Crippen molar-refractivity contribution in [2.45, 2.75) is 38.0 Å². The summed E-state index contributed by atoms with van der Waals surface area (Å²) in [5.41, 5.74) is 4.00. The Balaban J connectivity index is 1.19. The van der Waals surface area contributed by atoms with Crippen LogP contribution in [0.4, 0.5) is 17.2 Å². The number of hydrogen-bond acceptors (Lipinski definition) is 8. The molecule has 3 saturated heterocycles. The number of piperidine rings is 1. The number of hydrogen-bond donors (Lipinski definition) is 2. The Morgan fingerprint density at radius 3 is 2.70 bits per heavy atom. The molecular weight excluding hydrogens is 470 g/mol. The molecule has 196 valence electrons. The maximum Gasteiger partial charge on any atom is 0.246 e. The number of carbonyl (C=O) groups excluding carboxylic acids is 1. The van der Waals surface area contributed by atoms with Gasteiger partial charge in [-0.25, -0.2) is 4.98 Å². The smallest absolute Gasteiger partial charge is 0.246 e. The van der Waals surface area contributed by atoms with Crippen LogP contribution in [0.5, 0.6) is 5.75 Å². The van der Waals surface area contributed by atoms with Crippen LogP contribution in [-0.4, -0.2) is 84.3 Å². The van der Waals surface area contributed by atoms with Gasteiger partial charge in [0.2, 0.25) is 5.91 Å². The number of amides is 1. The van der Waals surface area contributed by atoms with E-state index in [1.165, 1.54) is 6.08 Å². The number of benzene rings is 1. The zero-order valence-electron chi connectivity index (χ0n) is 21.4. The summed E-state index contributed by atoms with van der Waals surface area (Å²) in [5.74, 6) is 1.59. The minimum absolute atomic E-state index is 0.00642. The standard InChI is InChI=1S/C28H35N5O4/c1-3-25(34)33-16-21(17-33)31-8-5-28(35,6-9-31)20-14-19(2)26-23(15-20)30-27-22(18-37-26)24(4-7-29-27)32-10-12-36-13-11-32/h3-4,7,14-15,21,35H,1,5-6,8-13,16-18H2,2H3,(H,29,30). The van der Waals surface area contributed by atoms with Gasteiger partial charge in [0.25, 0.3) is 0 Å². The van der Waals surface area contributed by atoms with Gasteiger partial charge in [0.1, 0.15) is 18.2 Å². The van der Waals surface area contributed by atoms with Crippen LogP contribution in [0, 0.1) is 6.92 Å². The number of aromatic nitrogens is 1. The lowest BCUT2D eigenvalue weighted by atomic mass is 9.82. The summed E-state index contributed by atoms with van der Waals surface area (Å²) in [6.45, 7) is 12.2. The lowest BCUT2D eigenvalue weighted by Crippen LogP contribution is -2.62.